The van der Waals surface area contributed by atoms with Crippen LogP contribution >= 0.6 is 27.7 Å². The van der Waals surface area contributed by atoms with Crippen molar-refractivity contribution in [1.29, 1.82) is 0 Å². The van der Waals surface area contributed by atoms with Crippen molar-refractivity contribution in [3.05, 3.63) is 58.3 Å². The van der Waals surface area contributed by atoms with Gasteiger partial charge in [-0.1, -0.05) is 22.0 Å². The fourth-order valence-electron chi connectivity index (χ4n) is 3.87. The van der Waals surface area contributed by atoms with Crippen LogP contribution in [0.4, 0.5) is 14.9 Å². The molecule has 148 valence electrons. The number of anilines is 1. The molecule has 28 heavy (non-hydrogen) atoms. The molecule has 1 fully saturated rings. The van der Waals surface area contributed by atoms with Gasteiger partial charge in [0.15, 0.2) is 0 Å². The molecule has 0 radical (unpaired) electrons. The van der Waals surface area contributed by atoms with Gasteiger partial charge in [0.2, 0.25) is 0 Å². The second kappa shape index (κ2) is 8.74. The molecule has 0 aromatic heterocycles. The molecule has 0 saturated carbocycles. The molecule has 2 aromatic carbocycles. The number of thioether (sulfide) groups is 1. The second-order valence-corrected chi connectivity index (χ2v) is 9.36. The Morgan fingerprint density at radius 3 is 3.00 bits per heavy atom. The van der Waals surface area contributed by atoms with E-state index >= 15 is 0 Å². The van der Waals surface area contributed by atoms with Gasteiger partial charge in [-0.2, -0.15) is 0 Å². The molecule has 4 rings (SSSR count). The predicted octanol–water partition coefficient (Wildman–Crippen LogP) is 4.95. The lowest BCUT2D eigenvalue weighted by Crippen LogP contribution is -2.41. The van der Waals surface area contributed by atoms with Gasteiger partial charge in [-0.05, 0) is 60.7 Å². The minimum atomic E-state index is -0.257. The molecular weight excluding hydrogens is 441 g/mol. The zero-order valence-electron chi connectivity index (χ0n) is 15.5. The molecule has 2 aliphatic heterocycles. The number of halogens is 2. The third-order valence-electron chi connectivity index (χ3n) is 5.33. The molecule has 0 aliphatic carbocycles. The van der Waals surface area contributed by atoms with Gasteiger partial charge in [-0.3, -0.25) is 0 Å². The zero-order valence-corrected chi connectivity index (χ0v) is 17.9. The first-order valence-electron chi connectivity index (χ1n) is 9.55. The van der Waals surface area contributed by atoms with Crippen molar-refractivity contribution in [2.24, 2.45) is 5.92 Å². The van der Waals surface area contributed by atoms with Gasteiger partial charge in [0.1, 0.15) is 5.82 Å². The van der Waals surface area contributed by atoms with Crippen LogP contribution in [0.1, 0.15) is 24.4 Å². The molecule has 0 bridgehead atoms. The molecule has 0 spiro atoms. The van der Waals surface area contributed by atoms with Crippen molar-refractivity contribution in [2.45, 2.75) is 23.8 Å². The summed E-state index contributed by atoms with van der Waals surface area (Å²) in [5.41, 5.74) is 2.09. The monoisotopic (exact) mass is 463 g/mol. The van der Waals surface area contributed by atoms with Crippen LogP contribution in [0.3, 0.4) is 0 Å². The minimum Gasteiger partial charge on any atom is -0.371 e. The highest BCUT2D eigenvalue weighted by Gasteiger charge is 2.25. The van der Waals surface area contributed by atoms with Gasteiger partial charge >= 0.3 is 6.03 Å². The molecule has 2 aromatic rings. The molecule has 4 nitrogen and oxygen atoms in total. The number of hydrogen-bond donors (Lipinski definition) is 2. The molecular formula is C21H23BrFN3OS. The van der Waals surface area contributed by atoms with E-state index in [4.69, 9.17) is 0 Å². The Kier molecular flexibility index (Phi) is 6.11. The maximum Gasteiger partial charge on any atom is 0.315 e. The largest absolute Gasteiger partial charge is 0.371 e. The zero-order chi connectivity index (χ0) is 19.5. The maximum absolute atomic E-state index is 13.6. The lowest BCUT2D eigenvalue weighted by atomic mass is 10.0. The molecule has 2 atom stereocenters. The van der Waals surface area contributed by atoms with E-state index in [1.807, 2.05) is 12.1 Å². The van der Waals surface area contributed by atoms with Crippen molar-refractivity contribution in [3.8, 4) is 0 Å². The normalized spacial score (nSPS) is 21.3. The van der Waals surface area contributed by atoms with Crippen LogP contribution in [0.15, 0.2) is 51.8 Å². The van der Waals surface area contributed by atoms with Gasteiger partial charge in [0.05, 0.1) is 6.04 Å². The fourth-order valence-corrected chi connectivity index (χ4v) is 5.36. The van der Waals surface area contributed by atoms with Crippen molar-refractivity contribution in [1.82, 2.24) is 10.6 Å². The van der Waals surface area contributed by atoms with Crippen LogP contribution in [0.5, 0.6) is 0 Å². The maximum atomic E-state index is 13.6. The van der Waals surface area contributed by atoms with Crippen LogP contribution in [-0.4, -0.2) is 31.4 Å². The van der Waals surface area contributed by atoms with Crippen LogP contribution in [0.25, 0.3) is 0 Å². The SMILES string of the molecule is O=C(NCC1CCN(c2cccc(Br)c2)C1)NC1CCSc2ccc(F)cc21. The number of urea groups is 1. The summed E-state index contributed by atoms with van der Waals surface area (Å²) >= 11 is 5.23. The van der Waals surface area contributed by atoms with E-state index in [1.165, 1.54) is 11.8 Å². The molecule has 2 unspecified atom stereocenters. The Morgan fingerprint density at radius 2 is 2.14 bits per heavy atom. The van der Waals surface area contributed by atoms with Gasteiger partial charge in [-0.15, -0.1) is 11.8 Å². The summed E-state index contributed by atoms with van der Waals surface area (Å²) in [5.74, 6) is 1.09. The van der Waals surface area contributed by atoms with Gasteiger partial charge in [0.25, 0.3) is 0 Å². The molecule has 2 heterocycles. The third kappa shape index (κ3) is 4.63. The number of hydrogen-bond acceptors (Lipinski definition) is 3. The molecule has 7 heteroatoms. The number of fused-ring (bicyclic) bond motifs is 1. The number of rotatable bonds is 4. The van der Waals surface area contributed by atoms with E-state index in [1.54, 1.807) is 23.9 Å². The average molecular weight is 464 g/mol. The van der Waals surface area contributed by atoms with E-state index in [2.05, 4.69) is 43.6 Å². The third-order valence-corrected chi connectivity index (χ3v) is 6.94. The molecule has 2 amide bonds. The van der Waals surface area contributed by atoms with Crippen LogP contribution in [-0.2, 0) is 0 Å². The summed E-state index contributed by atoms with van der Waals surface area (Å²) in [6.07, 6.45) is 1.87. The molecule has 2 N–H and O–H groups in total. The Morgan fingerprint density at radius 1 is 1.25 bits per heavy atom. The molecule has 1 saturated heterocycles. The summed E-state index contributed by atoms with van der Waals surface area (Å²) in [5, 5.41) is 6.04. The topological polar surface area (TPSA) is 44.4 Å². The minimum absolute atomic E-state index is 0.131. The first kappa shape index (κ1) is 19.6. The Labute approximate surface area is 177 Å². The predicted molar refractivity (Wildman–Crippen MR) is 115 cm³/mol. The average Bonchev–Trinajstić information content (AvgIpc) is 3.16. The summed E-state index contributed by atoms with van der Waals surface area (Å²) in [7, 11) is 0. The summed E-state index contributed by atoms with van der Waals surface area (Å²) in [6.45, 7) is 2.58. The van der Waals surface area contributed by atoms with Gasteiger partial charge < -0.3 is 15.5 Å². The molecule has 2 aliphatic rings. The van der Waals surface area contributed by atoms with Crippen molar-refractivity contribution >= 4 is 39.4 Å². The van der Waals surface area contributed by atoms with Crippen molar-refractivity contribution in [3.63, 3.8) is 0 Å². The number of carbonyl (C=O) groups is 1. The first-order valence-corrected chi connectivity index (χ1v) is 11.3. The van der Waals surface area contributed by atoms with E-state index in [9.17, 15) is 9.18 Å². The second-order valence-electron chi connectivity index (χ2n) is 7.31. The number of carbonyl (C=O) groups excluding carboxylic acids is 1. The lowest BCUT2D eigenvalue weighted by molar-refractivity contribution is 0.235. The standard InChI is InChI=1S/C21H23BrFN3OS/c22-15-2-1-3-17(10-15)26-8-6-14(13-26)12-24-21(27)25-19-7-9-28-20-5-4-16(23)11-18(19)20/h1-5,10-11,14,19H,6-9,12-13H2,(H2,24,25,27). The quantitative estimate of drug-likeness (QED) is 0.673. The number of amides is 2. The Balaban J connectivity index is 1.28. The van der Waals surface area contributed by atoms with E-state index < -0.39 is 0 Å². The van der Waals surface area contributed by atoms with E-state index in [0.29, 0.717) is 12.5 Å². The summed E-state index contributed by atoms with van der Waals surface area (Å²) in [4.78, 5) is 15.8. The highest BCUT2D eigenvalue weighted by atomic mass is 79.9. The lowest BCUT2D eigenvalue weighted by Gasteiger charge is -2.26. The number of benzene rings is 2. The van der Waals surface area contributed by atoms with Crippen LogP contribution in [0, 0.1) is 11.7 Å². The smallest absolute Gasteiger partial charge is 0.315 e. The highest BCUT2D eigenvalue weighted by Crippen LogP contribution is 2.36. The number of nitrogens with zero attached hydrogens (tertiary/aromatic N) is 1. The highest BCUT2D eigenvalue weighted by molar-refractivity contribution is 9.10. The van der Waals surface area contributed by atoms with E-state index in [-0.39, 0.29) is 17.9 Å². The van der Waals surface area contributed by atoms with Gasteiger partial charge in [-0.25, -0.2) is 9.18 Å². The first-order chi connectivity index (χ1) is 13.6. The summed E-state index contributed by atoms with van der Waals surface area (Å²) in [6, 6.07) is 12.8. The fraction of sp³-hybridized carbons (Fsp3) is 0.381. The van der Waals surface area contributed by atoms with Crippen molar-refractivity contribution < 1.29 is 9.18 Å². The van der Waals surface area contributed by atoms with Crippen LogP contribution < -0.4 is 15.5 Å². The number of nitrogens with one attached hydrogen (secondary N) is 2. The summed E-state index contributed by atoms with van der Waals surface area (Å²) < 4.78 is 14.7. The Hall–Kier alpha value is -1.73. The Bertz CT molecular complexity index is 865. The van der Waals surface area contributed by atoms with Crippen molar-refractivity contribution in [2.75, 3.05) is 30.3 Å². The van der Waals surface area contributed by atoms with Gasteiger partial charge in [0, 0.05) is 40.4 Å². The van der Waals surface area contributed by atoms with Crippen LogP contribution in [0.2, 0.25) is 0 Å². The van der Waals surface area contributed by atoms with E-state index in [0.717, 1.165) is 46.6 Å².